The number of hydrogen-bond acceptors (Lipinski definition) is 4. The van der Waals surface area contributed by atoms with E-state index in [0.29, 0.717) is 12.1 Å². The molecule has 9 heteroatoms. The first-order valence-electron chi connectivity index (χ1n) is 4.47. The average molecular weight is 287 g/mol. The third kappa shape index (κ3) is 3.31. The first-order chi connectivity index (χ1) is 7.79. The molecule has 5 nitrogen and oxygen atoms in total. The Morgan fingerprint density at radius 1 is 1.50 bits per heavy atom. The van der Waals surface area contributed by atoms with Crippen molar-refractivity contribution in [1.82, 2.24) is 0 Å². The summed E-state index contributed by atoms with van der Waals surface area (Å²) in [5.41, 5.74) is 3.89. The molecule has 0 heterocycles. The molecule has 0 saturated heterocycles. The van der Waals surface area contributed by atoms with Gasteiger partial charge in [0.1, 0.15) is 6.61 Å². The summed E-state index contributed by atoms with van der Waals surface area (Å²) in [6.45, 7) is -1.50. The summed E-state index contributed by atoms with van der Waals surface area (Å²) in [5, 5.41) is 18.8. The van der Waals surface area contributed by atoms with E-state index in [0.717, 1.165) is 6.07 Å². The molecular formula is C9H10ClF3N2O3. The number of halogens is 4. The zero-order valence-corrected chi connectivity index (χ0v) is 9.66. The van der Waals surface area contributed by atoms with Gasteiger partial charge in [-0.3, -0.25) is 10.1 Å². The molecule has 0 aliphatic heterocycles. The van der Waals surface area contributed by atoms with E-state index in [1.54, 1.807) is 0 Å². The smallest absolute Gasteiger partial charge is 0.305 e. The van der Waals surface area contributed by atoms with E-state index in [1.807, 2.05) is 0 Å². The molecule has 3 N–H and O–H groups in total. The van der Waals surface area contributed by atoms with Gasteiger partial charge in [-0.25, -0.2) is 8.78 Å². The quantitative estimate of drug-likeness (QED) is 0.652. The summed E-state index contributed by atoms with van der Waals surface area (Å²) in [6, 6.07) is 0.285. The Morgan fingerprint density at radius 2 is 2.06 bits per heavy atom. The molecule has 1 aromatic rings. The van der Waals surface area contributed by atoms with E-state index >= 15 is 0 Å². The number of aliphatic hydroxyl groups is 1. The molecule has 0 saturated carbocycles. The number of hydrogen-bond donors (Lipinski definition) is 2. The average Bonchev–Trinajstić information content (AvgIpc) is 2.28. The molecule has 1 aromatic carbocycles. The molecule has 0 aliphatic carbocycles. The Hall–Kier alpha value is -1.38. The summed E-state index contributed by atoms with van der Waals surface area (Å²) in [7, 11) is 0. The normalized spacial score (nSPS) is 12.7. The summed E-state index contributed by atoms with van der Waals surface area (Å²) in [6.07, 6.45) is 0. The number of nitro benzene ring substituents is 1. The van der Waals surface area contributed by atoms with Gasteiger partial charge in [0.05, 0.1) is 11.0 Å². The minimum atomic E-state index is -3.63. The first kappa shape index (κ1) is 16.6. The van der Waals surface area contributed by atoms with Crippen LogP contribution < -0.4 is 5.73 Å². The number of benzene rings is 1. The number of aliphatic hydroxyl groups excluding tert-OH is 1. The van der Waals surface area contributed by atoms with Crippen molar-refractivity contribution in [3.63, 3.8) is 0 Å². The monoisotopic (exact) mass is 286 g/mol. The molecule has 1 atom stereocenters. The van der Waals surface area contributed by atoms with Gasteiger partial charge < -0.3 is 10.8 Å². The van der Waals surface area contributed by atoms with Crippen molar-refractivity contribution in [1.29, 1.82) is 0 Å². The van der Waals surface area contributed by atoms with Gasteiger partial charge in [-0.15, -0.1) is 12.4 Å². The first-order valence-corrected chi connectivity index (χ1v) is 4.47. The van der Waals surface area contributed by atoms with Crippen LogP contribution in [0, 0.1) is 15.9 Å². The van der Waals surface area contributed by atoms with Gasteiger partial charge in [0.25, 0.3) is 5.92 Å². The predicted molar refractivity (Wildman–Crippen MR) is 59.3 cm³/mol. The van der Waals surface area contributed by atoms with Gasteiger partial charge >= 0.3 is 5.69 Å². The van der Waals surface area contributed by atoms with Crippen LogP contribution in [0.2, 0.25) is 0 Å². The molecule has 0 spiro atoms. The SMILES string of the molecule is Cl.N[C@@H](c1ccc(F)c([N+](=O)[O-])c1)C(F)(F)CO. The summed E-state index contributed by atoms with van der Waals surface area (Å²) >= 11 is 0. The molecule has 0 bridgehead atoms. The third-order valence-electron chi connectivity index (χ3n) is 2.19. The van der Waals surface area contributed by atoms with Gasteiger partial charge in [-0.2, -0.15) is 4.39 Å². The Balaban J connectivity index is 0.00000289. The summed E-state index contributed by atoms with van der Waals surface area (Å²) in [4.78, 5) is 9.36. The van der Waals surface area contributed by atoms with Crippen molar-refractivity contribution >= 4 is 18.1 Å². The lowest BCUT2D eigenvalue weighted by Crippen LogP contribution is -2.36. The maximum atomic E-state index is 13.0. The van der Waals surface area contributed by atoms with Crippen LogP contribution in [-0.4, -0.2) is 22.6 Å². The number of alkyl halides is 2. The number of rotatable bonds is 4. The number of nitro groups is 1. The second kappa shape index (κ2) is 5.98. The van der Waals surface area contributed by atoms with Gasteiger partial charge in [0, 0.05) is 6.07 Å². The predicted octanol–water partition coefficient (Wildman–Crippen LogP) is 1.78. The van der Waals surface area contributed by atoms with E-state index in [2.05, 4.69) is 0 Å². The Labute approximate surface area is 106 Å². The zero-order chi connectivity index (χ0) is 13.2. The highest BCUT2D eigenvalue weighted by atomic mass is 35.5. The Bertz CT molecular complexity index is 445. The maximum Gasteiger partial charge on any atom is 0.305 e. The van der Waals surface area contributed by atoms with Gasteiger partial charge in [0.15, 0.2) is 0 Å². The van der Waals surface area contributed by atoms with Crippen LogP contribution in [0.15, 0.2) is 18.2 Å². The standard InChI is InChI=1S/C9H9F3N2O3.ClH/c10-6-2-1-5(3-7(6)14(16)17)8(13)9(11,12)4-15;/h1-3,8,15H,4,13H2;1H/t8-;/m0./s1. The fraction of sp³-hybridized carbons (Fsp3) is 0.333. The lowest BCUT2D eigenvalue weighted by Gasteiger charge is -2.21. The lowest BCUT2D eigenvalue weighted by molar-refractivity contribution is -0.387. The Kier molecular flexibility index (Phi) is 5.53. The van der Waals surface area contributed by atoms with Gasteiger partial charge in [-0.1, -0.05) is 6.07 Å². The van der Waals surface area contributed by atoms with Crippen LogP contribution in [-0.2, 0) is 0 Å². The summed E-state index contributed by atoms with van der Waals surface area (Å²) < 4.78 is 39.0. The van der Waals surface area contributed by atoms with Crippen LogP contribution in [0.3, 0.4) is 0 Å². The van der Waals surface area contributed by atoms with Crippen LogP contribution in [0.25, 0.3) is 0 Å². The molecule has 18 heavy (non-hydrogen) atoms. The van der Waals surface area contributed by atoms with Crippen molar-refractivity contribution in [2.24, 2.45) is 5.73 Å². The highest BCUT2D eigenvalue weighted by molar-refractivity contribution is 5.85. The molecule has 0 fully saturated rings. The molecule has 102 valence electrons. The molecule has 0 amide bonds. The molecular weight excluding hydrogens is 277 g/mol. The zero-order valence-electron chi connectivity index (χ0n) is 8.85. The fourth-order valence-electron chi connectivity index (χ4n) is 1.21. The lowest BCUT2D eigenvalue weighted by atomic mass is 10.0. The minimum Gasteiger partial charge on any atom is -0.390 e. The number of nitrogens with zero attached hydrogens (tertiary/aromatic N) is 1. The molecule has 1 rings (SSSR count). The second-order valence-electron chi connectivity index (χ2n) is 3.36. The van der Waals surface area contributed by atoms with Gasteiger partial charge in [0.2, 0.25) is 5.82 Å². The molecule has 0 radical (unpaired) electrons. The maximum absolute atomic E-state index is 13.0. The van der Waals surface area contributed by atoms with Crippen LogP contribution >= 0.6 is 12.4 Å². The second-order valence-corrected chi connectivity index (χ2v) is 3.36. The summed E-state index contributed by atoms with van der Waals surface area (Å²) in [5.74, 6) is -4.77. The third-order valence-corrected chi connectivity index (χ3v) is 2.19. The van der Waals surface area contributed by atoms with Gasteiger partial charge in [-0.05, 0) is 11.6 Å². The topological polar surface area (TPSA) is 89.4 Å². The van der Waals surface area contributed by atoms with Crippen molar-refractivity contribution in [3.05, 3.63) is 39.7 Å². The van der Waals surface area contributed by atoms with Crippen LogP contribution in [0.1, 0.15) is 11.6 Å². The Morgan fingerprint density at radius 3 is 2.50 bits per heavy atom. The van der Waals surface area contributed by atoms with Crippen molar-refractivity contribution < 1.29 is 23.2 Å². The largest absolute Gasteiger partial charge is 0.390 e. The fourth-order valence-corrected chi connectivity index (χ4v) is 1.21. The molecule has 0 aromatic heterocycles. The van der Waals surface area contributed by atoms with E-state index in [9.17, 15) is 23.3 Å². The van der Waals surface area contributed by atoms with Crippen molar-refractivity contribution in [2.75, 3.05) is 6.61 Å². The van der Waals surface area contributed by atoms with E-state index in [4.69, 9.17) is 10.8 Å². The van der Waals surface area contributed by atoms with E-state index < -0.39 is 35.0 Å². The van der Waals surface area contributed by atoms with Crippen LogP contribution in [0.5, 0.6) is 0 Å². The van der Waals surface area contributed by atoms with Crippen molar-refractivity contribution in [3.8, 4) is 0 Å². The highest BCUT2D eigenvalue weighted by Gasteiger charge is 2.38. The minimum absolute atomic E-state index is 0. The molecule has 0 aliphatic rings. The number of nitrogens with two attached hydrogens (primary N) is 1. The highest BCUT2D eigenvalue weighted by Crippen LogP contribution is 2.31. The molecule has 0 unspecified atom stereocenters. The van der Waals surface area contributed by atoms with Crippen molar-refractivity contribution in [2.45, 2.75) is 12.0 Å². The van der Waals surface area contributed by atoms with E-state index in [1.165, 1.54) is 0 Å². The van der Waals surface area contributed by atoms with Crippen LogP contribution in [0.4, 0.5) is 18.9 Å². The van der Waals surface area contributed by atoms with E-state index in [-0.39, 0.29) is 18.0 Å².